The molecule has 0 unspecified atom stereocenters. The van der Waals surface area contributed by atoms with Crippen LogP contribution in [0.3, 0.4) is 0 Å². The van der Waals surface area contributed by atoms with E-state index < -0.39 is 11.7 Å². The number of hydrogen-bond acceptors (Lipinski definition) is 6. The third-order valence-corrected chi connectivity index (χ3v) is 5.16. The molecule has 1 aromatic carbocycles. The molecule has 0 atom stereocenters. The molecule has 1 aliphatic rings. The van der Waals surface area contributed by atoms with Crippen molar-refractivity contribution in [3.63, 3.8) is 0 Å². The molecule has 0 aliphatic carbocycles. The number of fused-ring (bicyclic) bond motifs is 1. The van der Waals surface area contributed by atoms with Crippen LogP contribution in [0.1, 0.15) is 12.0 Å². The Hall–Kier alpha value is -3.50. The van der Waals surface area contributed by atoms with Gasteiger partial charge in [0.25, 0.3) is 5.56 Å². The van der Waals surface area contributed by atoms with E-state index in [2.05, 4.69) is 15.3 Å². The number of anilines is 1. The van der Waals surface area contributed by atoms with Crippen molar-refractivity contribution in [3.8, 4) is 0 Å². The highest BCUT2D eigenvalue weighted by atomic mass is 19.4. The smallest absolute Gasteiger partial charge is 0.355 e. The van der Waals surface area contributed by atoms with Crippen molar-refractivity contribution in [2.45, 2.75) is 19.1 Å². The molecular weight excluding hydrogens is 413 g/mol. The predicted octanol–water partition coefficient (Wildman–Crippen LogP) is 1.94. The SMILES string of the molecule is O=C(Cn1nnc2ccccc2c1=O)N1CCCN(c2ccc(C(F)(F)F)cn2)CC1. The van der Waals surface area contributed by atoms with Gasteiger partial charge in [-0.15, -0.1) is 5.10 Å². The van der Waals surface area contributed by atoms with E-state index in [0.29, 0.717) is 49.3 Å². The molecule has 1 amide bonds. The fourth-order valence-electron chi connectivity index (χ4n) is 3.49. The number of aromatic nitrogens is 4. The Labute approximate surface area is 174 Å². The highest BCUT2D eigenvalue weighted by Crippen LogP contribution is 2.29. The Morgan fingerprint density at radius 1 is 1.03 bits per heavy atom. The number of carbonyl (C=O) groups excluding carboxylic acids is 1. The Morgan fingerprint density at radius 3 is 2.58 bits per heavy atom. The summed E-state index contributed by atoms with van der Waals surface area (Å²) in [5.41, 5.74) is -0.722. The zero-order valence-electron chi connectivity index (χ0n) is 16.4. The highest BCUT2D eigenvalue weighted by Gasteiger charge is 2.31. The first-order chi connectivity index (χ1) is 14.8. The van der Waals surface area contributed by atoms with E-state index in [4.69, 9.17) is 0 Å². The van der Waals surface area contributed by atoms with E-state index in [-0.39, 0.29) is 18.0 Å². The summed E-state index contributed by atoms with van der Waals surface area (Å²) in [6.07, 6.45) is -3.00. The van der Waals surface area contributed by atoms with E-state index >= 15 is 0 Å². The third-order valence-electron chi connectivity index (χ3n) is 5.16. The molecule has 1 aliphatic heterocycles. The van der Waals surface area contributed by atoms with E-state index in [1.165, 1.54) is 6.07 Å². The minimum absolute atomic E-state index is 0.227. The van der Waals surface area contributed by atoms with Crippen LogP contribution in [0.2, 0.25) is 0 Å². The molecule has 0 spiro atoms. The molecule has 3 aromatic rings. The monoisotopic (exact) mass is 432 g/mol. The number of pyridine rings is 1. The summed E-state index contributed by atoms with van der Waals surface area (Å²) < 4.78 is 39.2. The minimum Gasteiger partial charge on any atom is -0.355 e. The lowest BCUT2D eigenvalue weighted by Crippen LogP contribution is -2.40. The lowest BCUT2D eigenvalue weighted by Gasteiger charge is -2.23. The number of rotatable bonds is 3. The Morgan fingerprint density at radius 2 is 1.84 bits per heavy atom. The van der Waals surface area contributed by atoms with Crippen LogP contribution in [0.15, 0.2) is 47.4 Å². The van der Waals surface area contributed by atoms with Gasteiger partial charge in [-0.25, -0.2) is 9.67 Å². The van der Waals surface area contributed by atoms with Crippen molar-refractivity contribution in [2.24, 2.45) is 0 Å². The molecule has 162 valence electrons. The number of amides is 1. The molecule has 8 nitrogen and oxygen atoms in total. The van der Waals surface area contributed by atoms with Gasteiger partial charge in [0, 0.05) is 32.4 Å². The van der Waals surface area contributed by atoms with Crippen LogP contribution in [0.4, 0.5) is 19.0 Å². The number of hydrogen-bond donors (Lipinski definition) is 0. The van der Waals surface area contributed by atoms with Crippen LogP contribution >= 0.6 is 0 Å². The highest BCUT2D eigenvalue weighted by molar-refractivity contribution is 5.78. The molecule has 1 fully saturated rings. The van der Waals surface area contributed by atoms with Crippen LogP contribution < -0.4 is 10.5 Å². The van der Waals surface area contributed by atoms with Crippen LogP contribution in [-0.2, 0) is 17.5 Å². The molecule has 31 heavy (non-hydrogen) atoms. The van der Waals surface area contributed by atoms with Gasteiger partial charge < -0.3 is 9.80 Å². The topological polar surface area (TPSA) is 84.2 Å². The van der Waals surface area contributed by atoms with Crippen LogP contribution in [0, 0.1) is 0 Å². The van der Waals surface area contributed by atoms with Crippen LogP contribution in [0.5, 0.6) is 0 Å². The summed E-state index contributed by atoms with van der Waals surface area (Å²) in [7, 11) is 0. The van der Waals surface area contributed by atoms with Crippen molar-refractivity contribution in [2.75, 3.05) is 31.1 Å². The largest absolute Gasteiger partial charge is 0.417 e. The fourth-order valence-corrected chi connectivity index (χ4v) is 3.49. The molecule has 0 bridgehead atoms. The molecule has 2 aromatic heterocycles. The molecule has 11 heteroatoms. The lowest BCUT2D eigenvalue weighted by molar-refractivity contribution is -0.137. The second kappa shape index (κ2) is 8.32. The van der Waals surface area contributed by atoms with Gasteiger partial charge in [0.15, 0.2) is 0 Å². The van der Waals surface area contributed by atoms with Crippen LogP contribution in [-0.4, -0.2) is 57.0 Å². The molecule has 0 saturated carbocycles. The van der Waals surface area contributed by atoms with Gasteiger partial charge in [0.1, 0.15) is 17.9 Å². The molecule has 1 saturated heterocycles. The van der Waals surface area contributed by atoms with E-state index in [1.807, 2.05) is 4.90 Å². The number of benzene rings is 1. The average Bonchev–Trinajstić information content (AvgIpc) is 3.02. The molecular formula is C20H19F3N6O2. The Balaban J connectivity index is 1.42. The van der Waals surface area contributed by atoms with Crippen molar-refractivity contribution < 1.29 is 18.0 Å². The first kappa shape index (κ1) is 20.8. The van der Waals surface area contributed by atoms with Gasteiger partial charge in [-0.2, -0.15) is 13.2 Å². The maximum Gasteiger partial charge on any atom is 0.417 e. The first-order valence-corrected chi connectivity index (χ1v) is 9.71. The predicted molar refractivity (Wildman–Crippen MR) is 106 cm³/mol. The summed E-state index contributed by atoms with van der Waals surface area (Å²) in [5.74, 6) is 0.160. The summed E-state index contributed by atoms with van der Waals surface area (Å²) in [6.45, 7) is 1.57. The van der Waals surface area contributed by atoms with Crippen molar-refractivity contribution >= 4 is 22.6 Å². The standard InChI is InChI=1S/C20H19F3N6O2/c21-20(22,23)14-6-7-17(24-12-14)27-8-3-9-28(11-10-27)18(30)13-29-19(31)15-4-1-2-5-16(15)25-26-29/h1-2,4-7,12H,3,8-11,13H2. The minimum atomic E-state index is -4.43. The maximum atomic E-state index is 12.7. The van der Waals surface area contributed by atoms with Gasteiger partial charge in [-0.1, -0.05) is 17.3 Å². The normalized spacial score (nSPS) is 15.2. The Bertz CT molecular complexity index is 1150. The van der Waals surface area contributed by atoms with Crippen molar-refractivity contribution in [3.05, 3.63) is 58.5 Å². The fraction of sp³-hybridized carbons (Fsp3) is 0.350. The summed E-state index contributed by atoms with van der Waals surface area (Å²) in [5, 5.41) is 8.22. The number of nitrogens with zero attached hydrogens (tertiary/aromatic N) is 6. The molecule has 0 N–H and O–H groups in total. The van der Waals surface area contributed by atoms with Crippen LogP contribution in [0.25, 0.3) is 10.9 Å². The number of halogens is 3. The van der Waals surface area contributed by atoms with Gasteiger partial charge in [-0.05, 0) is 30.7 Å². The summed E-state index contributed by atoms with van der Waals surface area (Å²) >= 11 is 0. The molecule has 3 heterocycles. The van der Waals surface area contributed by atoms with Gasteiger partial charge >= 0.3 is 6.18 Å². The number of carbonyl (C=O) groups is 1. The lowest BCUT2D eigenvalue weighted by atomic mass is 10.2. The maximum absolute atomic E-state index is 12.7. The van der Waals surface area contributed by atoms with Crippen molar-refractivity contribution in [1.82, 2.24) is 24.9 Å². The third kappa shape index (κ3) is 4.49. The zero-order valence-corrected chi connectivity index (χ0v) is 16.4. The zero-order chi connectivity index (χ0) is 22.0. The average molecular weight is 432 g/mol. The summed E-state index contributed by atoms with van der Waals surface area (Å²) in [6, 6.07) is 9.12. The molecule has 4 rings (SSSR count). The Kier molecular flexibility index (Phi) is 5.57. The van der Waals surface area contributed by atoms with E-state index in [1.54, 1.807) is 29.2 Å². The molecule has 0 radical (unpaired) electrons. The summed E-state index contributed by atoms with van der Waals surface area (Å²) in [4.78, 5) is 32.7. The number of alkyl halides is 3. The van der Waals surface area contributed by atoms with Gasteiger partial charge in [-0.3, -0.25) is 9.59 Å². The second-order valence-electron chi connectivity index (χ2n) is 7.19. The quantitative estimate of drug-likeness (QED) is 0.629. The second-order valence-corrected chi connectivity index (χ2v) is 7.19. The first-order valence-electron chi connectivity index (χ1n) is 9.71. The van der Waals surface area contributed by atoms with E-state index in [9.17, 15) is 22.8 Å². The van der Waals surface area contributed by atoms with Gasteiger partial charge in [0.2, 0.25) is 5.91 Å². The van der Waals surface area contributed by atoms with E-state index in [0.717, 1.165) is 16.9 Å². The van der Waals surface area contributed by atoms with Gasteiger partial charge in [0.05, 0.1) is 10.9 Å². The van der Waals surface area contributed by atoms with Crippen molar-refractivity contribution in [1.29, 1.82) is 0 Å².